The highest BCUT2D eigenvalue weighted by molar-refractivity contribution is 5.05. The quantitative estimate of drug-likeness (QED) is 0.820. The number of hydrogen-bond donors (Lipinski definition) is 1. The molecule has 3 nitrogen and oxygen atoms in total. The van der Waals surface area contributed by atoms with Crippen LogP contribution >= 0.6 is 0 Å². The highest BCUT2D eigenvalue weighted by atomic mass is 15.1. The molecule has 2 heterocycles. The van der Waals surface area contributed by atoms with E-state index >= 15 is 0 Å². The van der Waals surface area contributed by atoms with Gasteiger partial charge in [0.25, 0.3) is 0 Å². The molecular weight excluding hydrogens is 186 g/mol. The Morgan fingerprint density at radius 1 is 1.67 bits per heavy atom. The number of fused-ring (bicyclic) bond motifs is 1. The number of imidazole rings is 1. The summed E-state index contributed by atoms with van der Waals surface area (Å²) in [6.45, 7) is 7.64. The van der Waals surface area contributed by atoms with Gasteiger partial charge in [-0.1, -0.05) is 6.92 Å². The van der Waals surface area contributed by atoms with E-state index in [2.05, 4.69) is 41.8 Å². The van der Waals surface area contributed by atoms with Gasteiger partial charge in [0.15, 0.2) is 0 Å². The van der Waals surface area contributed by atoms with Crippen molar-refractivity contribution >= 4 is 0 Å². The predicted molar refractivity (Wildman–Crippen MR) is 62.0 cm³/mol. The first-order chi connectivity index (χ1) is 7.19. The Morgan fingerprint density at radius 2 is 2.47 bits per heavy atom. The maximum atomic E-state index is 4.52. The van der Waals surface area contributed by atoms with Crippen molar-refractivity contribution in [3.05, 3.63) is 17.7 Å². The lowest BCUT2D eigenvalue weighted by atomic mass is 10.1. The van der Waals surface area contributed by atoms with E-state index in [1.165, 1.54) is 18.7 Å². The molecule has 1 aliphatic heterocycles. The Balaban J connectivity index is 1.99. The third-order valence-electron chi connectivity index (χ3n) is 3.25. The SMILES string of the molecule is CCC(C)NC1CCc2nc(C)cn2C1. The Morgan fingerprint density at radius 3 is 3.20 bits per heavy atom. The molecule has 0 spiro atoms. The summed E-state index contributed by atoms with van der Waals surface area (Å²) < 4.78 is 2.30. The Hall–Kier alpha value is -0.830. The van der Waals surface area contributed by atoms with Crippen LogP contribution in [0.5, 0.6) is 0 Å². The summed E-state index contributed by atoms with van der Waals surface area (Å²) >= 11 is 0. The fourth-order valence-electron chi connectivity index (χ4n) is 2.24. The van der Waals surface area contributed by atoms with Crippen molar-refractivity contribution in [2.45, 2.75) is 58.7 Å². The van der Waals surface area contributed by atoms with Gasteiger partial charge in [0, 0.05) is 31.2 Å². The first kappa shape index (κ1) is 10.7. The summed E-state index contributed by atoms with van der Waals surface area (Å²) in [5.74, 6) is 1.26. The topological polar surface area (TPSA) is 29.9 Å². The Labute approximate surface area is 91.9 Å². The van der Waals surface area contributed by atoms with Gasteiger partial charge in [-0.25, -0.2) is 4.98 Å². The number of nitrogens with zero attached hydrogens (tertiary/aromatic N) is 2. The van der Waals surface area contributed by atoms with Gasteiger partial charge in [-0.05, 0) is 26.7 Å². The molecule has 0 fully saturated rings. The van der Waals surface area contributed by atoms with Crippen LogP contribution in [0.15, 0.2) is 6.20 Å². The minimum atomic E-state index is 0.626. The second-order valence-electron chi connectivity index (χ2n) is 4.66. The van der Waals surface area contributed by atoms with Gasteiger partial charge in [0.05, 0.1) is 5.69 Å². The zero-order chi connectivity index (χ0) is 10.8. The summed E-state index contributed by atoms with van der Waals surface area (Å²) in [5.41, 5.74) is 1.15. The number of hydrogen-bond acceptors (Lipinski definition) is 2. The van der Waals surface area contributed by atoms with Gasteiger partial charge in [-0.15, -0.1) is 0 Å². The number of nitrogens with one attached hydrogen (secondary N) is 1. The minimum Gasteiger partial charge on any atom is -0.333 e. The van der Waals surface area contributed by atoms with Gasteiger partial charge >= 0.3 is 0 Å². The van der Waals surface area contributed by atoms with E-state index in [1.807, 2.05) is 0 Å². The lowest BCUT2D eigenvalue weighted by molar-refractivity contribution is 0.345. The zero-order valence-corrected chi connectivity index (χ0v) is 9.95. The molecule has 1 N–H and O–H groups in total. The fraction of sp³-hybridized carbons (Fsp3) is 0.750. The highest BCUT2D eigenvalue weighted by Crippen LogP contribution is 2.15. The largest absolute Gasteiger partial charge is 0.333 e. The van der Waals surface area contributed by atoms with E-state index in [4.69, 9.17) is 0 Å². The van der Waals surface area contributed by atoms with Crippen molar-refractivity contribution in [3.63, 3.8) is 0 Å². The molecule has 1 aromatic heterocycles. The van der Waals surface area contributed by atoms with Gasteiger partial charge in [0.1, 0.15) is 5.82 Å². The van der Waals surface area contributed by atoms with Crippen molar-refractivity contribution < 1.29 is 0 Å². The van der Waals surface area contributed by atoms with E-state index in [0.29, 0.717) is 12.1 Å². The summed E-state index contributed by atoms with van der Waals surface area (Å²) in [7, 11) is 0. The number of aryl methyl sites for hydroxylation is 2. The van der Waals surface area contributed by atoms with Crippen molar-refractivity contribution in [1.29, 1.82) is 0 Å². The maximum absolute atomic E-state index is 4.52. The molecule has 0 bridgehead atoms. The van der Waals surface area contributed by atoms with E-state index in [-0.39, 0.29) is 0 Å². The van der Waals surface area contributed by atoms with Gasteiger partial charge in [-0.2, -0.15) is 0 Å². The molecule has 3 heteroatoms. The van der Waals surface area contributed by atoms with Gasteiger partial charge in [-0.3, -0.25) is 0 Å². The summed E-state index contributed by atoms with van der Waals surface area (Å²) in [6, 6.07) is 1.25. The van der Waals surface area contributed by atoms with Crippen LogP contribution < -0.4 is 5.32 Å². The van der Waals surface area contributed by atoms with E-state index in [1.54, 1.807) is 0 Å². The van der Waals surface area contributed by atoms with E-state index < -0.39 is 0 Å². The van der Waals surface area contributed by atoms with Gasteiger partial charge in [0.2, 0.25) is 0 Å². The van der Waals surface area contributed by atoms with Crippen LogP contribution in [-0.4, -0.2) is 21.6 Å². The van der Waals surface area contributed by atoms with Crippen molar-refractivity contribution in [3.8, 4) is 0 Å². The molecule has 2 rings (SSSR count). The van der Waals surface area contributed by atoms with Crippen molar-refractivity contribution in [2.75, 3.05) is 0 Å². The molecule has 0 radical (unpaired) electrons. The summed E-state index contributed by atoms with van der Waals surface area (Å²) in [4.78, 5) is 4.52. The van der Waals surface area contributed by atoms with Crippen LogP contribution in [-0.2, 0) is 13.0 Å². The molecular formula is C12H21N3. The lowest BCUT2D eigenvalue weighted by Gasteiger charge is -2.27. The van der Waals surface area contributed by atoms with E-state index in [9.17, 15) is 0 Å². The molecule has 15 heavy (non-hydrogen) atoms. The monoisotopic (exact) mass is 207 g/mol. The minimum absolute atomic E-state index is 0.626. The molecule has 1 aliphatic rings. The van der Waals surface area contributed by atoms with E-state index in [0.717, 1.165) is 18.7 Å². The molecule has 84 valence electrons. The second-order valence-corrected chi connectivity index (χ2v) is 4.66. The third kappa shape index (κ3) is 2.40. The highest BCUT2D eigenvalue weighted by Gasteiger charge is 2.20. The molecule has 1 aromatic rings. The standard InChI is InChI=1S/C12H21N3/c1-4-9(2)13-11-5-6-12-14-10(3)7-15(12)8-11/h7,9,11,13H,4-6,8H2,1-3H3. The van der Waals surface area contributed by atoms with Crippen LogP contribution in [0, 0.1) is 6.92 Å². The smallest absolute Gasteiger partial charge is 0.109 e. The van der Waals surface area contributed by atoms with Crippen LogP contribution in [0.2, 0.25) is 0 Å². The van der Waals surface area contributed by atoms with Crippen LogP contribution in [0.25, 0.3) is 0 Å². The third-order valence-corrected chi connectivity index (χ3v) is 3.25. The molecule has 0 saturated carbocycles. The van der Waals surface area contributed by atoms with Crippen LogP contribution in [0.4, 0.5) is 0 Å². The van der Waals surface area contributed by atoms with Crippen molar-refractivity contribution in [2.24, 2.45) is 0 Å². The predicted octanol–water partition coefficient (Wildman–Crippen LogP) is 1.89. The second kappa shape index (κ2) is 4.35. The number of aromatic nitrogens is 2. The van der Waals surface area contributed by atoms with Crippen LogP contribution in [0.3, 0.4) is 0 Å². The zero-order valence-electron chi connectivity index (χ0n) is 9.95. The van der Waals surface area contributed by atoms with Crippen molar-refractivity contribution in [1.82, 2.24) is 14.9 Å². The molecule has 0 amide bonds. The first-order valence-electron chi connectivity index (χ1n) is 5.97. The molecule has 0 aromatic carbocycles. The molecule has 0 aliphatic carbocycles. The lowest BCUT2D eigenvalue weighted by Crippen LogP contribution is -2.41. The Bertz CT molecular complexity index is 330. The van der Waals surface area contributed by atoms with Crippen LogP contribution in [0.1, 0.15) is 38.2 Å². The average molecular weight is 207 g/mol. The molecule has 2 unspecified atom stereocenters. The number of rotatable bonds is 3. The Kier molecular flexibility index (Phi) is 3.10. The summed E-state index contributed by atoms with van der Waals surface area (Å²) in [5, 5.41) is 3.67. The molecule has 0 saturated heterocycles. The first-order valence-corrected chi connectivity index (χ1v) is 5.97. The maximum Gasteiger partial charge on any atom is 0.109 e. The average Bonchev–Trinajstić information content (AvgIpc) is 2.57. The van der Waals surface area contributed by atoms with Gasteiger partial charge < -0.3 is 9.88 Å². The fourth-order valence-corrected chi connectivity index (χ4v) is 2.24. The normalized spacial score (nSPS) is 22.5. The summed E-state index contributed by atoms with van der Waals surface area (Å²) in [6.07, 6.45) is 5.70. The molecule has 2 atom stereocenters.